The van der Waals surface area contributed by atoms with Crippen LogP contribution in [0, 0.1) is 0 Å². The molecule has 1 amide bonds. The molecule has 2 aromatic rings. The smallest absolute Gasteiger partial charge is 0.338 e. The van der Waals surface area contributed by atoms with E-state index in [-0.39, 0.29) is 17.0 Å². The first-order valence-corrected chi connectivity index (χ1v) is 7.93. The van der Waals surface area contributed by atoms with Crippen molar-refractivity contribution < 1.29 is 14.3 Å². The highest BCUT2D eigenvalue weighted by atomic mass is 35.5. The molecule has 0 aromatic heterocycles. The molecule has 0 atom stereocenters. The van der Waals surface area contributed by atoms with E-state index in [1.807, 2.05) is 0 Å². The van der Waals surface area contributed by atoms with E-state index in [4.69, 9.17) is 28.6 Å². The van der Waals surface area contributed by atoms with Gasteiger partial charge in [-0.25, -0.2) is 4.79 Å². The van der Waals surface area contributed by atoms with Gasteiger partial charge in [0.15, 0.2) is 5.11 Å². The van der Waals surface area contributed by atoms with Crippen LogP contribution in [0.3, 0.4) is 0 Å². The van der Waals surface area contributed by atoms with Gasteiger partial charge < -0.3 is 10.1 Å². The Morgan fingerprint density at radius 3 is 2.21 bits per heavy atom. The normalized spacial score (nSPS) is 9.92. The van der Waals surface area contributed by atoms with Crippen LogP contribution in [0.1, 0.15) is 27.6 Å². The van der Waals surface area contributed by atoms with E-state index in [0.29, 0.717) is 28.4 Å². The number of esters is 1. The number of nitrogens with one attached hydrogen (secondary N) is 2. The molecule has 0 saturated heterocycles. The fourth-order valence-corrected chi connectivity index (χ4v) is 2.18. The van der Waals surface area contributed by atoms with Crippen molar-refractivity contribution in [2.75, 3.05) is 11.9 Å². The van der Waals surface area contributed by atoms with E-state index in [0.717, 1.165) is 0 Å². The fourth-order valence-electron chi connectivity index (χ4n) is 1.84. The highest BCUT2D eigenvalue weighted by Gasteiger charge is 2.09. The number of amides is 1. The summed E-state index contributed by atoms with van der Waals surface area (Å²) in [7, 11) is 0. The summed E-state index contributed by atoms with van der Waals surface area (Å²) in [5.41, 5.74) is 1.53. The van der Waals surface area contributed by atoms with Crippen LogP contribution >= 0.6 is 23.8 Å². The molecule has 24 heavy (non-hydrogen) atoms. The van der Waals surface area contributed by atoms with Gasteiger partial charge in [-0.1, -0.05) is 11.6 Å². The summed E-state index contributed by atoms with van der Waals surface area (Å²) in [6, 6.07) is 13.0. The lowest BCUT2D eigenvalue weighted by Crippen LogP contribution is -2.34. The van der Waals surface area contributed by atoms with Crippen LogP contribution in [-0.2, 0) is 4.74 Å². The fraction of sp³-hybridized carbons (Fsp3) is 0.118. The summed E-state index contributed by atoms with van der Waals surface area (Å²) in [5, 5.41) is 6.14. The molecule has 0 radical (unpaired) electrons. The molecule has 0 spiro atoms. The van der Waals surface area contributed by atoms with Crippen LogP contribution in [0.4, 0.5) is 5.69 Å². The van der Waals surface area contributed by atoms with Gasteiger partial charge in [0.2, 0.25) is 0 Å². The Labute approximate surface area is 150 Å². The average Bonchev–Trinajstić information content (AvgIpc) is 2.56. The Balaban J connectivity index is 1.93. The Morgan fingerprint density at radius 2 is 1.62 bits per heavy atom. The van der Waals surface area contributed by atoms with E-state index in [1.54, 1.807) is 55.5 Å². The van der Waals surface area contributed by atoms with Crippen LogP contribution in [0.5, 0.6) is 0 Å². The largest absolute Gasteiger partial charge is 0.462 e. The summed E-state index contributed by atoms with van der Waals surface area (Å²) >= 11 is 10.9. The molecule has 124 valence electrons. The molecule has 2 rings (SSSR count). The number of ether oxygens (including phenoxy) is 1. The van der Waals surface area contributed by atoms with Crippen molar-refractivity contribution in [1.29, 1.82) is 0 Å². The van der Waals surface area contributed by atoms with Gasteiger partial charge in [0.1, 0.15) is 0 Å². The SMILES string of the molecule is CCOC(=O)c1ccc(NC(=S)NC(=O)c2ccc(Cl)cc2)cc1. The number of hydrogen-bond acceptors (Lipinski definition) is 4. The zero-order chi connectivity index (χ0) is 17.5. The second-order valence-corrected chi connectivity index (χ2v) is 5.56. The zero-order valence-corrected chi connectivity index (χ0v) is 14.4. The van der Waals surface area contributed by atoms with Crippen LogP contribution in [0.2, 0.25) is 5.02 Å². The van der Waals surface area contributed by atoms with E-state index >= 15 is 0 Å². The first-order chi connectivity index (χ1) is 11.5. The number of anilines is 1. The Bertz CT molecular complexity index is 745. The van der Waals surface area contributed by atoms with Gasteiger partial charge in [0, 0.05) is 16.3 Å². The van der Waals surface area contributed by atoms with Gasteiger partial charge in [-0.05, 0) is 67.7 Å². The van der Waals surface area contributed by atoms with E-state index in [9.17, 15) is 9.59 Å². The minimum absolute atomic E-state index is 0.152. The summed E-state index contributed by atoms with van der Waals surface area (Å²) in [6.45, 7) is 2.06. The van der Waals surface area contributed by atoms with Crippen LogP contribution < -0.4 is 10.6 Å². The first kappa shape index (κ1) is 17.9. The number of rotatable bonds is 4. The predicted octanol–water partition coefficient (Wildman–Crippen LogP) is 3.64. The molecular formula is C17H15ClN2O3S. The summed E-state index contributed by atoms with van der Waals surface area (Å²) in [6.07, 6.45) is 0. The third-order valence-corrected chi connectivity index (χ3v) is 3.44. The molecule has 7 heteroatoms. The summed E-state index contributed by atoms with van der Waals surface area (Å²) in [4.78, 5) is 23.6. The first-order valence-electron chi connectivity index (χ1n) is 7.14. The number of carbonyl (C=O) groups is 2. The second kappa shape index (κ2) is 8.42. The molecule has 0 heterocycles. The lowest BCUT2D eigenvalue weighted by atomic mass is 10.2. The highest BCUT2D eigenvalue weighted by Crippen LogP contribution is 2.11. The number of thiocarbonyl (C=S) groups is 1. The van der Waals surface area contributed by atoms with Crippen molar-refractivity contribution in [3.05, 3.63) is 64.7 Å². The van der Waals surface area contributed by atoms with Crippen molar-refractivity contribution in [2.45, 2.75) is 6.92 Å². The minimum Gasteiger partial charge on any atom is -0.462 e. The Hall–Kier alpha value is -2.44. The monoisotopic (exact) mass is 362 g/mol. The number of carbonyl (C=O) groups excluding carboxylic acids is 2. The van der Waals surface area contributed by atoms with Crippen LogP contribution in [-0.4, -0.2) is 23.6 Å². The molecule has 0 aliphatic rings. The van der Waals surface area contributed by atoms with Crippen molar-refractivity contribution >= 4 is 46.5 Å². The number of hydrogen-bond donors (Lipinski definition) is 2. The Morgan fingerprint density at radius 1 is 1.04 bits per heavy atom. The van der Waals surface area contributed by atoms with E-state index in [2.05, 4.69) is 10.6 Å². The third-order valence-electron chi connectivity index (χ3n) is 2.99. The van der Waals surface area contributed by atoms with Crippen molar-refractivity contribution in [2.24, 2.45) is 0 Å². The van der Waals surface area contributed by atoms with Crippen LogP contribution in [0.15, 0.2) is 48.5 Å². The number of halogens is 1. The van der Waals surface area contributed by atoms with E-state index in [1.165, 1.54) is 0 Å². The quantitative estimate of drug-likeness (QED) is 0.642. The predicted molar refractivity (Wildman–Crippen MR) is 97.5 cm³/mol. The van der Waals surface area contributed by atoms with Gasteiger partial charge in [-0.15, -0.1) is 0 Å². The molecule has 0 aliphatic carbocycles. The minimum atomic E-state index is -0.386. The zero-order valence-electron chi connectivity index (χ0n) is 12.8. The van der Waals surface area contributed by atoms with Gasteiger partial charge in [-0.3, -0.25) is 10.1 Å². The lowest BCUT2D eigenvalue weighted by molar-refractivity contribution is 0.0526. The van der Waals surface area contributed by atoms with Crippen LogP contribution in [0.25, 0.3) is 0 Å². The van der Waals surface area contributed by atoms with Gasteiger partial charge >= 0.3 is 5.97 Å². The van der Waals surface area contributed by atoms with Gasteiger partial charge in [0.05, 0.1) is 12.2 Å². The second-order valence-electron chi connectivity index (χ2n) is 4.71. The molecule has 0 unspecified atom stereocenters. The summed E-state index contributed by atoms with van der Waals surface area (Å²) < 4.78 is 4.91. The highest BCUT2D eigenvalue weighted by molar-refractivity contribution is 7.80. The standard InChI is InChI=1S/C17H15ClN2O3S/c1-2-23-16(22)12-5-9-14(10-6-12)19-17(24)20-15(21)11-3-7-13(18)8-4-11/h3-10H,2H2,1H3,(H2,19,20,21,24). The molecule has 0 bridgehead atoms. The molecule has 5 nitrogen and oxygen atoms in total. The topological polar surface area (TPSA) is 67.4 Å². The van der Waals surface area contributed by atoms with Gasteiger partial charge in [-0.2, -0.15) is 0 Å². The van der Waals surface area contributed by atoms with Gasteiger partial charge in [0.25, 0.3) is 5.91 Å². The molecule has 2 N–H and O–H groups in total. The van der Waals surface area contributed by atoms with E-state index < -0.39 is 0 Å². The molecule has 2 aromatic carbocycles. The van der Waals surface area contributed by atoms with Crippen molar-refractivity contribution in [3.8, 4) is 0 Å². The number of benzene rings is 2. The maximum Gasteiger partial charge on any atom is 0.338 e. The summed E-state index contributed by atoms with van der Waals surface area (Å²) in [5.74, 6) is -0.727. The molecular weight excluding hydrogens is 348 g/mol. The van der Waals surface area contributed by atoms with Crippen molar-refractivity contribution in [3.63, 3.8) is 0 Å². The third kappa shape index (κ3) is 5.04. The maximum atomic E-state index is 12.0. The Kier molecular flexibility index (Phi) is 6.28. The maximum absolute atomic E-state index is 12.0. The lowest BCUT2D eigenvalue weighted by Gasteiger charge is -2.10. The molecule has 0 fully saturated rings. The molecule has 0 saturated carbocycles. The van der Waals surface area contributed by atoms with Crippen molar-refractivity contribution in [1.82, 2.24) is 5.32 Å². The average molecular weight is 363 g/mol. The molecule has 0 aliphatic heterocycles.